The summed E-state index contributed by atoms with van der Waals surface area (Å²) >= 11 is 0. The molecule has 1 atom stereocenters. The summed E-state index contributed by atoms with van der Waals surface area (Å²) in [6.45, 7) is -1.10. The van der Waals surface area contributed by atoms with Crippen molar-refractivity contribution >= 4 is 16.9 Å². The molecular formula is C22H20F4N6O2. The van der Waals surface area contributed by atoms with Gasteiger partial charge < -0.3 is 15.6 Å². The molecule has 0 bridgehead atoms. The number of rotatable bonds is 7. The fourth-order valence-corrected chi connectivity index (χ4v) is 3.54. The van der Waals surface area contributed by atoms with Crippen LogP contribution in [0.2, 0.25) is 0 Å². The van der Waals surface area contributed by atoms with E-state index in [1.165, 1.54) is 25.3 Å². The van der Waals surface area contributed by atoms with Crippen LogP contribution in [0.1, 0.15) is 17.4 Å². The van der Waals surface area contributed by atoms with Crippen molar-refractivity contribution in [2.24, 2.45) is 0 Å². The number of methoxy groups -OCH3 is 1. The molecule has 0 aliphatic heterocycles. The van der Waals surface area contributed by atoms with E-state index >= 15 is 0 Å². The number of anilines is 1. The van der Waals surface area contributed by atoms with E-state index in [0.29, 0.717) is 11.3 Å². The Balaban J connectivity index is 1.56. The molecule has 12 heteroatoms. The van der Waals surface area contributed by atoms with Gasteiger partial charge in [0.15, 0.2) is 5.65 Å². The van der Waals surface area contributed by atoms with Gasteiger partial charge in [-0.25, -0.2) is 19.0 Å². The Morgan fingerprint density at radius 2 is 1.88 bits per heavy atom. The zero-order valence-corrected chi connectivity index (χ0v) is 17.8. The average molecular weight is 476 g/mol. The summed E-state index contributed by atoms with van der Waals surface area (Å²) in [5.41, 5.74) is 7.63. The number of aliphatic hydroxyl groups is 1. The summed E-state index contributed by atoms with van der Waals surface area (Å²) in [4.78, 5) is 7.80. The van der Waals surface area contributed by atoms with Gasteiger partial charge in [-0.2, -0.15) is 18.3 Å². The summed E-state index contributed by atoms with van der Waals surface area (Å²) in [5.74, 6) is -0.161. The largest absolute Gasteiger partial charge is 0.496 e. The van der Waals surface area contributed by atoms with E-state index in [9.17, 15) is 22.7 Å². The number of nitrogen functional groups attached to an aromatic ring is 1. The lowest BCUT2D eigenvalue weighted by Gasteiger charge is -2.16. The van der Waals surface area contributed by atoms with Gasteiger partial charge in [0, 0.05) is 17.7 Å². The number of fused-ring (bicyclic) bond motifs is 1. The number of nitrogens with two attached hydrogens (primary N) is 1. The monoisotopic (exact) mass is 476 g/mol. The minimum absolute atomic E-state index is 0.0160. The molecule has 4 N–H and O–H groups in total. The molecule has 0 aliphatic rings. The summed E-state index contributed by atoms with van der Waals surface area (Å²) in [6, 6.07) is 10.6. The Labute approximate surface area is 191 Å². The maximum Gasteiger partial charge on any atom is 0.408 e. The van der Waals surface area contributed by atoms with Gasteiger partial charge in [-0.15, -0.1) is 0 Å². The molecule has 0 radical (unpaired) electrons. The van der Waals surface area contributed by atoms with Crippen molar-refractivity contribution < 1.29 is 27.4 Å². The van der Waals surface area contributed by atoms with Crippen LogP contribution < -0.4 is 15.8 Å². The van der Waals surface area contributed by atoms with Crippen LogP contribution in [0.4, 0.5) is 23.4 Å². The lowest BCUT2D eigenvalue weighted by atomic mass is 10.1. The van der Waals surface area contributed by atoms with E-state index in [2.05, 4.69) is 20.4 Å². The normalized spacial score (nSPS) is 12.8. The van der Waals surface area contributed by atoms with E-state index in [1.54, 1.807) is 24.3 Å². The van der Waals surface area contributed by atoms with Crippen LogP contribution in [0.5, 0.6) is 5.75 Å². The second-order valence-electron chi connectivity index (χ2n) is 7.45. The lowest BCUT2D eigenvalue weighted by Crippen LogP contribution is -2.21. The molecule has 4 rings (SSSR count). The van der Waals surface area contributed by atoms with Crippen molar-refractivity contribution in [3.63, 3.8) is 0 Å². The standard InChI is InChI=1S/C22H20F4N6O2/c1-34-16-7-6-14(23)8-15(16)21(33)28-9-12-2-4-13(5-3-12)18-17-19(27)29-11-30-20(17)32(31-18)10-22(24,25)26/h2-8,11,21,28,33H,9-10H2,1H3,(H2,27,29,30). The molecule has 8 nitrogen and oxygen atoms in total. The number of alkyl halides is 3. The molecule has 0 saturated carbocycles. The van der Waals surface area contributed by atoms with Gasteiger partial charge in [0.25, 0.3) is 0 Å². The molecule has 0 fully saturated rings. The number of benzene rings is 2. The van der Waals surface area contributed by atoms with Crippen molar-refractivity contribution in [1.82, 2.24) is 25.1 Å². The van der Waals surface area contributed by atoms with Gasteiger partial charge in [0.05, 0.1) is 12.5 Å². The van der Waals surface area contributed by atoms with Gasteiger partial charge in [-0.3, -0.25) is 5.32 Å². The molecule has 0 amide bonds. The van der Waals surface area contributed by atoms with Gasteiger partial charge in [-0.1, -0.05) is 24.3 Å². The summed E-state index contributed by atoms with van der Waals surface area (Å²) in [7, 11) is 1.42. The van der Waals surface area contributed by atoms with Crippen molar-refractivity contribution in [3.05, 3.63) is 65.7 Å². The summed E-state index contributed by atoms with van der Waals surface area (Å²) < 4.78 is 58.4. The highest BCUT2D eigenvalue weighted by molar-refractivity contribution is 5.98. The quantitative estimate of drug-likeness (QED) is 0.276. The highest BCUT2D eigenvalue weighted by Crippen LogP contribution is 2.32. The van der Waals surface area contributed by atoms with Crippen LogP contribution >= 0.6 is 0 Å². The molecule has 178 valence electrons. The van der Waals surface area contributed by atoms with E-state index in [1.807, 2.05) is 0 Å². The molecule has 1 unspecified atom stereocenters. The van der Waals surface area contributed by atoms with Crippen LogP contribution in [0.15, 0.2) is 48.8 Å². The molecule has 2 aromatic heterocycles. The summed E-state index contributed by atoms with van der Waals surface area (Å²) in [6.07, 6.45) is -4.59. The Hall–Kier alpha value is -3.77. The molecule has 0 saturated heterocycles. The molecule has 4 aromatic rings. The third-order valence-electron chi connectivity index (χ3n) is 5.10. The fourth-order valence-electron chi connectivity index (χ4n) is 3.54. The van der Waals surface area contributed by atoms with Gasteiger partial charge in [0.2, 0.25) is 0 Å². The van der Waals surface area contributed by atoms with Crippen LogP contribution in [0, 0.1) is 5.82 Å². The van der Waals surface area contributed by atoms with Crippen LogP contribution in [0.3, 0.4) is 0 Å². The number of halogens is 4. The zero-order chi connectivity index (χ0) is 24.5. The van der Waals surface area contributed by atoms with Crippen LogP contribution in [-0.4, -0.2) is 38.1 Å². The number of nitrogens with one attached hydrogen (secondary N) is 1. The molecule has 0 spiro atoms. The first-order chi connectivity index (χ1) is 16.2. The fraction of sp³-hybridized carbons (Fsp3) is 0.227. The lowest BCUT2D eigenvalue weighted by molar-refractivity contribution is -0.141. The van der Waals surface area contributed by atoms with Gasteiger partial charge in [0.1, 0.15) is 42.2 Å². The van der Waals surface area contributed by atoms with Crippen molar-refractivity contribution in [1.29, 1.82) is 0 Å². The molecule has 2 aromatic carbocycles. The first kappa shape index (κ1) is 23.4. The number of aromatic nitrogens is 4. The molecule has 34 heavy (non-hydrogen) atoms. The van der Waals surface area contributed by atoms with Crippen LogP contribution in [0.25, 0.3) is 22.3 Å². The number of nitrogens with zero attached hydrogens (tertiary/aromatic N) is 4. The smallest absolute Gasteiger partial charge is 0.408 e. The minimum Gasteiger partial charge on any atom is -0.496 e. The Kier molecular flexibility index (Phi) is 6.35. The molecule has 2 heterocycles. The van der Waals surface area contributed by atoms with Gasteiger partial charge >= 0.3 is 6.18 Å². The van der Waals surface area contributed by atoms with E-state index in [-0.39, 0.29) is 34.7 Å². The third kappa shape index (κ3) is 4.92. The topological polar surface area (TPSA) is 111 Å². The van der Waals surface area contributed by atoms with Crippen LogP contribution in [-0.2, 0) is 13.1 Å². The predicted molar refractivity (Wildman–Crippen MR) is 116 cm³/mol. The second-order valence-corrected chi connectivity index (χ2v) is 7.45. The van der Waals surface area contributed by atoms with Crippen molar-refractivity contribution in [2.75, 3.05) is 12.8 Å². The first-order valence-corrected chi connectivity index (χ1v) is 10.0. The first-order valence-electron chi connectivity index (χ1n) is 10.0. The number of ether oxygens (including phenoxy) is 1. The minimum atomic E-state index is -4.49. The molecular weight excluding hydrogens is 456 g/mol. The predicted octanol–water partition coefficient (Wildman–Crippen LogP) is 3.57. The van der Waals surface area contributed by atoms with E-state index in [0.717, 1.165) is 16.6 Å². The van der Waals surface area contributed by atoms with Gasteiger partial charge in [-0.05, 0) is 23.8 Å². The van der Waals surface area contributed by atoms with Crippen molar-refractivity contribution in [3.8, 4) is 17.0 Å². The highest BCUT2D eigenvalue weighted by atomic mass is 19.4. The van der Waals surface area contributed by atoms with E-state index < -0.39 is 24.8 Å². The summed E-state index contributed by atoms with van der Waals surface area (Å²) in [5, 5.41) is 17.6. The van der Waals surface area contributed by atoms with Crippen molar-refractivity contribution in [2.45, 2.75) is 25.5 Å². The second kappa shape index (κ2) is 9.23. The number of hydrogen-bond acceptors (Lipinski definition) is 7. The number of aliphatic hydroxyl groups excluding tert-OH is 1. The maximum atomic E-state index is 13.6. The maximum absolute atomic E-state index is 13.6. The Bertz CT molecular complexity index is 1310. The average Bonchev–Trinajstić information content (AvgIpc) is 3.16. The van der Waals surface area contributed by atoms with E-state index in [4.69, 9.17) is 10.5 Å². The number of hydrogen-bond donors (Lipinski definition) is 3. The SMILES string of the molecule is COc1ccc(F)cc1C(O)NCc1ccc(-c2nn(CC(F)(F)F)c3ncnc(N)c23)cc1. The highest BCUT2D eigenvalue weighted by Gasteiger charge is 2.31. The Morgan fingerprint density at radius 3 is 2.56 bits per heavy atom. The molecule has 0 aliphatic carbocycles. The zero-order valence-electron chi connectivity index (χ0n) is 17.8. The Morgan fingerprint density at radius 1 is 1.15 bits per heavy atom. The third-order valence-corrected chi connectivity index (χ3v) is 5.10.